The molecule has 0 fully saturated rings. The summed E-state index contributed by atoms with van der Waals surface area (Å²) in [5, 5.41) is 2.84. The lowest BCUT2D eigenvalue weighted by molar-refractivity contribution is 0.0917. The van der Waals surface area contributed by atoms with E-state index in [-0.39, 0.29) is 5.91 Å². The fourth-order valence-corrected chi connectivity index (χ4v) is 1.98. The molecule has 90 valence electrons. The second-order valence-corrected chi connectivity index (χ2v) is 4.73. The molecular weight excluding hydrogens is 293 g/mol. The molecule has 0 saturated carbocycles. The van der Waals surface area contributed by atoms with Gasteiger partial charge in [0.2, 0.25) is 0 Å². The van der Waals surface area contributed by atoms with Gasteiger partial charge in [0.1, 0.15) is 0 Å². The average Bonchev–Trinajstić information content (AvgIpc) is 2.70. The van der Waals surface area contributed by atoms with Crippen molar-refractivity contribution in [1.29, 1.82) is 0 Å². The zero-order chi connectivity index (χ0) is 12.0. The third-order valence-corrected chi connectivity index (χ3v) is 3.09. The maximum atomic E-state index is 11.6. The second kappa shape index (κ2) is 6.97. The van der Waals surface area contributed by atoms with Gasteiger partial charge >= 0.3 is 0 Å². The van der Waals surface area contributed by atoms with Crippen molar-refractivity contribution in [3.05, 3.63) is 22.6 Å². The molecule has 0 aliphatic carbocycles. The highest BCUT2D eigenvalue weighted by Gasteiger charge is 2.12. The summed E-state index contributed by atoms with van der Waals surface area (Å²) in [6.45, 7) is 2.73. The van der Waals surface area contributed by atoms with Crippen molar-refractivity contribution in [3.63, 3.8) is 0 Å². The third-order valence-electron chi connectivity index (χ3n) is 2.44. The highest BCUT2D eigenvalue weighted by Crippen LogP contribution is 2.14. The van der Waals surface area contributed by atoms with Gasteiger partial charge in [0.25, 0.3) is 5.91 Å². The van der Waals surface area contributed by atoms with E-state index in [2.05, 4.69) is 28.2 Å². The van der Waals surface area contributed by atoms with Crippen LogP contribution in [-0.4, -0.2) is 18.3 Å². The number of halogens is 2. The predicted molar refractivity (Wildman–Crippen MR) is 67.9 cm³/mol. The van der Waals surface area contributed by atoms with Gasteiger partial charge in [-0.1, -0.05) is 13.3 Å². The maximum Gasteiger partial charge on any atom is 0.287 e. The van der Waals surface area contributed by atoms with Gasteiger partial charge in [-0.2, -0.15) is 0 Å². The SMILES string of the molecule is CCC(CCCl)CNC(=O)c1ccc(Br)o1. The molecule has 1 heterocycles. The Balaban J connectivity index is 2.40. The summed E-state index contributed by atoms with van der Waals surface area (Å²) in [5.74, 6) is 1.20. The van der Waals surface area contributed by atoms with E-state index in [4.69, 9.17) is 16.0 Å². The Morgan fingerprint density at radius 2 is 2.38 bits per heavy atom. The third kappa shape index (κ3) is 4.18. The lowest BCUT2D eigenvalue weighted by Gasteiger charge is -2.13. The van der Waals surface area contributed by atoms with E-state index < -0.39 is 0 Å². The Labute approximate surface area is 109 Å². The van der Waals surface area contributed by atoms with Crippen LogP contribution in [0.4, 0.5) is 0 Å². The molecule has 0 aromatic carbocycles. The highest BCUT2D eigenvalue weighted by molar-refractivity contribution is 9.10. The van der Waals surface area contributed by atoms with Gasteiger partial charge in [0.15, 0.2) is 10.4 Å². The highest BCUT2D eigenvalue weighted by atomic mass is 79.9. The lowest BCUT2D eigenvalue weighted by atomic mass is 10.0. The molecule has 3 nitrogen and oxygen atoms in total. The van der Waals surface area contributed by atoms with Crippen LogP contribution < -0.4 is 5.32 Å². The number of hydrogen-bond acceptors (Lipinski definition) is 2. The molecule has 0 bridgehead atoms. The molecule has 0 radical (unpaired) electrons. The zero-order valence-corrected chi connectivity index (χ0v) is 11.5. The van der Waals surface area contributed by atoms with E-state index in [1.54, 1.807) is 12.1 Å². The number of nitrogens with one attached hydrogen (secondary N) is 1. The van der Waals surface area contributed by atoms with Crippen molar-refractivity contribution in [3.8, 4) is 0 Å². The lowest BCUT2D eigenvalue weighted by Crippen LogP contribution is -2.29. The normalized spacial score (nSPS) is 12.4. The summed E-state index contributed by atoms with van der Waals surface area (Å²) in [5.41, 5.74) is 0. The number of furan rings is 1. The number of hydrogen-bond donors (Lipinski definition) is 1. The summed E-state index contributed by atoms with van der Waals surface area (Å²) in [7, 11) is 0. The summed E-state index contributed by atoms with van der Waals surface area (Å²) < 4.78 is 5.71. The smallest absolute Gasteiger partial charge is 0.287 e. The van der Waals surface area contributed by atoms with Crippen molar-refractivity contribution in [2.75, 3.05) is 12.4 Å². The molecule has 1 aromatic rings. The summed E-state index contributed by atoms with van der Waals surface area (Å²) in [4.78, 5) is 11.6. The van der Waals surface area contributed by atoms with Crippen LogP contribution in [0.25, 0.3) is 0 Å². The number of alkyl halides is 1. The number of rotatable bonds is 6. The van der Waals surface area contributed by atoms with Gasteiger partial charge in [-0.3, -0.25) is 4.79 Å². The van der Waals surface area contributed by atoms with E-state index in [1.807, 2.05) is 0 Å². The first-order valence-corrected chi connectivity index (χ1v) is 6.59. The van der Waals surface area contributed by atoms with Crippen molar-refractivity contribution >= 4 is 33.4 Å². The van der Waals surface area contributed by atoms with Gasteiger partial charge < -0.3 is 9.73 Å². The first-order chi connectivity index (χ1) is 7.67. The topological polar surface area (TPSA) is 42.2 Å². The Morgan fingerprint density at radius 3 is 2.88 bits per heavy atom. The molecule has 0 aliphatic heterocycles. The van der Waals surface area contributed by atoms with Crippen LogP contribution in [-0.2, 0) is 0 Å². The van der Waals surface area contributed by atoms with Crippen LogP contribution >= 0.6 is 27.5 Å². The summed E-state index contributed by atoms with van der Waals surface area (Å²) >= 11 is 8.83. The molecule has 5 heteroatoms. The van der Waals surface area contributed by atoms with Crippen molar-refractivity contribution in [2.24, 2.45) is 5.92 Å². The first-order valence-electron chi connectivity index (χ1n) is 5.26. The monoisotopic (exact) mass is 307 g/mol. The molecule has 16 heavy (non-hydrogen) atoms. The van der Waals surface area contributed by atoms with E-state index in [1.165, 1.54) is 0 Å². The largest absolute Gasteiger partial charge is 0.444 e. The van der Waals surface area contributed by atoms with Crippen LogP contribution in [0.3, 0.4) is 0 Å². The molecule has 0 spiro atoms. The summed E-state index contributed by atoms with van der Waals surface area (Å²) in [6.07, 6.45) is 1.93. The van der Waals surface area contributed by atoms with Gasteiger partial charge in [-0.05, 0) is 40.4 Å². The van der Waals surface area contributed by atoms with Crippen LogP contribution in [0.5, 0.6) is 0 Å². The van der Waals surface area contributed by atoms with E-state index in [0.29, 0.717) is 28.8 Å². The van der Waals surface area contributed by atoms with Crippen molar-refractivity contribution in [1.82, 2.24) is 5.32 Å². The average molecular weight is 309 g/mol. The Morgan fingerprint density at radius 1 is 1.62 bits per heavy atom. The fraction of sp³-hybridized carbons (Fsp3) is 0.545. The first kappa shape index (κ1) is 13.6. The molecule has 0 saturated heterocycles. The van der Waals surface area contributed by atoms with Crippen LogP contribution in [0, 0.1) is 5.92 Å². The minimum Gasteiger partial charge on any atom is -0.444 e. The molecule has 0 aliphatic rings. The molecule has 1 amide bonds. The Bertz CT molecular complexity index is 340. The molecule has 1 atom stereocenters. The van der Waals surface area contributed by atoms with Gasteiger partial charge in [-0.15, -0.1) is 11.6 Å². The predicted octanol–water partition coefficient (Wildman–Crippen LogP) is 3.43. The molecule has 1 N–H and O–H groups in total. The van der Waals surface area contributed by atoms with E-state index in [9.17, 15) is 4.79 Å². The number of carbonyl (C=O) groups is 1. The van der Waals surface area contributed by atoms with Crippen LogP contribution in [0.1, 0.15) is 30.3 Å². The Kier molecular flexibility index (Phi) is 5.91. The molecule has 1 rings (SSSR count). The van der Waals surface area contributed by atoms with E-state index in [0.717, 1.165) is 12.8 Å². The summed E-state index contributed by atoms with van der Waals surface area (Å²) in [6, 6.07) is 3.34. The zero-order valence-electron chi connectivity index (χ0n) is 9.13. The second-order valence-electron chi connectivity index (χ2n) is 3.57. The van der Waals surface area contributed by atoms with Gasteiger partial charge in [-0.25, -0.2) is 0 Å². The quantitative estimate of drug-likeness (QED) is 0.818. The maximum absolute atomic E-state index is 11.6. The van der Waals surface area contributed by atoms with Gasteiger partial charge in [0.05, 0.1) is 0 Å². The number of amides is 1. The number of carbonyl (C=O) groups excluding carboxylic acids is 1. The van der Waals surface area contributed by atoms with Crippen LogP contribution in [0.15, 0.2) is 21.2 Å². The minimum atomic E-state index is -0.182. The van der Waals surface area contributed by atoms with E-state index >= 15 is 0 Å². The molecule has 1 unspecified atom stereocenters. The Hall–Kier alpha value is -0.480. The fourth-order valence-electron chi connectivity index (χ4n) is 1.37. The minimum absolute atomic E-state index is 0.182. The standard InChI is InChI=1S/C11H15BrClNO2/c1-2-8(5-6-13)7-14-11(15)9-3-4-10(12)16-9/h3-4,8H,2,5-7H2,1H3,(H,14,15). The van der Waals surface area contributed by atoms with Crippen LogP contribution in [0.2, 0.25) is 0 Å². The van der Waals surface area contributed by atoms with Gasteiger partial charge in [0, 0.05) is 12.4 Å². The van der Waals surface area contributed by atoms with Crippen molar-refractivity contribution < 1.29 is 9.21 Å². The van der Waals surface area contributed by atoms with Crippen molar-refractivity contribution in [2.45, 2.75) is 19.8 Å². The molecule has 1 aromatic heterocycles. The molecular formula is C11H15BrClNO2.